The zero-order valence-electron chi connectivity index (χ0n) is 17.2. The average molecular weight is 415 g/mol. The maximum absolute atomic E-state index is 11.4. The molecule has 28 heavy (non-hydrogen) atoms. The SMILES string of the molecule is CCNC(=NCC(O)c1cccc(OC(C)C)c1)NCCCNS(=O)(=O)CC. The lowest BCUT2D eigenvalue weighted by Gasteiger charge is -2.15. The third kappa shape index (κ3) is 9.91. The van der Waals surface area contributed by atoms with Crippen LogP contribution in [0.15, 0.2) is 29.3 Å². The van der Waals surface area contributed by atoms with Crippen LogP contribution < -0.4 is 20.1 Å². The lowest BCUT2D eigenvalue weighted by Crippen LogP contribution is -2.39. The molecule has 1 aromatic rings. The Hall–Kier alpha value is -1.84. The maximum Gasteiger partial charge on any atom is 0.211 e. The molecule has 0 aliphatic rings. The van der Waals surface area contributed by atoms with Crippen molar-refractivity contribution in [1.29, 1.82) is 0 Å². The van der Waals surface area contributed by atoms with Crippen molar-refractivity contribution < 1.29 is 18.3 Å². The van der Waals surface area contributed by atoms with Gasteiger partial charge in [-0.05, 0) is 51.8 Å². The summed E-state index contributed by atoms with van der Waals surface area (Å²) in [6.45, 7) is 9.27. The zero-order chi connectivity index (χ0) is 21.0. The fourth-order valence-corrected chi connectivity index (χ4v) is 2.98. The average Bonchev–Trinajstić information content (AvgIpc) is 2.65. The Morgan fingerprint density at radius 1 is 1.21 bits per heavy atom. The number of ether oxygens (including phenoxy) is 1. The van der Waals surface area contributed by atoms with Crippen molar-refractivity contribution in [2.75, 3.05) is 31.9 Å². The van der Waals surface area contributed by atoms with E-state index in [2.05, 4.69) is 20.3 Å². The van der Waals surface area contributed by atoms with Crippen molar-refractivity contribution >= 4 is 16.0 Å². The standard InChI is InChI=1S/C19H34N4O4S/c1-5-20-19(21-11-8-12-23-28(25,26)6-2)22-14-18(24)16-9-7-10-17(13-16)27-15(3)4/h7,9-10,13,15,18,23-24H,5-6,8,11-12,14H2,1-4H3,(H2,20,21,22). The molecular weight excluding hydrogens is 380 g/mol. The number of sulfonamides is 1. The minimum Gasteiger partial charge on any atom is -0.491 e. The van der Waals surface area contributed by atoms with Gasteiger partial charge < -0.3 is 20.5 Å². The Labute approximate surface area is 168 Å². The van der Waals surface area contributed by atoms with Crippen molar-refractivity contribution in [2.24, 2.45) is 4.99 Å². The quantitative estimate of drug-likeness (QED) is 0.234. The molecule has 0 saturated carbocycles. The van der Waals surface area contributed by atoms with Crippen molar-refractivity contribution in [3.63, 3.8) is 0 Å². The summed E-state index contributed by atoms with van der Waals surface area (Å²) in [4.78, 5) is 4.41. The van der Waals surface area contributed by atoms with E-state index in [9.17, 15) is 13.5 Å². The van der Waals surface area contributed by atoms with Crippen molar-refractivity contribution in [2.45, 2.75) is 46.3 Å². The van der Waals surface area contributed by atoms with Crippen LogP contribution in [0.25, 0.3) is 0 Å². The van der Waals surface area contributed by atoms with E-state index < -0.39 is 16.1 Å². The molecule has 1 atom stereocenters. The van der Waals surface area contributed by atoms with Crippen LogP contribution in [0.2, 0.25) is 0 Å². The van der Waals surface area contributed by atoms with Crippen LogP contribution >= 0.6 is 0 Å². The van der Waals surface area contributed by atoms with Gasteiger partial charge in [0.25, 0.3) is 0 Å². The van der Waals surface area contributed by atoms with Crippen molar-refractivity contribution in [1.82, 2.24) is 15.4 Å². The Balaban J connectivity index is 2.54. The Morgan fingerprint density at radius 3 is 2.61 bits per heavy atom. The number of aliphatic hydroxyl groups is 1. The van der Waals surface area contributed by atoms with Gasteiger partial charge in [0.15, 0.2) is 5.96 Å². The number of aliphatic imine (C=N–C) groups is 1. The molecule has 1 unspecified atom stereocenters. The van der Waals surface area contributed by atoms with E-state index in [0.717, 1.165) is 11.3 Å². The first-order chi connectivity index (χ1) is 13.3. The lowest BCUT2D eigenvalue weighted by atomic mass is 10.1. The molecule has 9 heteroatoms. The first kappa shape index (κ1) is 24.2. The van der Waals surface area contributed by atoms with E-state index in [1.807, 2.05) is 45.0 Å². The lowest BCUT2D eigenvalue weighted by molar-refractivity contribution is 0.185. The summed E-state index contributed by atoms with van der Waals surface area (Å²) in [6.07, 6.45) is -0.0554. The van der Waals surface area contributed by atoms with Crippen LogP contribution in [0.1, 0.15) is 45.8 Å². The largest absolute Gasteiger partial charge is 0.491 e. The Morgan fingerprint density at radius 2 is 1.96 bits per heavy atom. The van der Waals surface area contributed by atoms with Crippen LogP contribution in [0, 0.1) is 0 Å². The highest BCUT2D eigenvalue weighted by Crippen LogP contribution is 2.20. The zero-order valence-corrected chi connectivity index (χ0v) is 18.1. The summed E-state index contributed by atoms with van der Waals surface area (Å²) in [5, 5.41) is 16.7. The molecule has 0 aromatic heterocycles. The Bertz CT molecular complexity index is 708. The molecule has 160 valence electrons. The fourth-order valence-electron chi connectivity index (χ4n) is 2.32. The topological polar surface area (TPSA) is 112 Å². The van der Waals surface area contributed by atoms with E-state index >= 15 is 0 Å². The second-order valence-electron chi connectivity index (χ2n) is 6.55. The fraction of sp³-hybridized carbons (Fsp3) is 0.632. The highest BCUT2D eigenvalue weighted by atomic mass is 32.2. The van der Waals surface area contributed by atoms with E-state index in [1.54, 1.807) is 6.92 Å². The molecule has 0 amide bonds. The van der Waals surface area contributed by atoms with Gasteiger partial charge in [-0.3, -0.25) is 4.99 Å². The highest BCUT2D eigenvalue weighted by molar-refractivity contribution is 7.89. The second kappa shape index (κ2) is 12.6. The number of benzene rings is 1. The summed E-state index contributed by atoms with van der Waals surface area (Å²) in [7, 11) is -3.16. The van der Waals surface area contributed by atoms with Gasteiger partial charge in [0.05, 0.1) is 24.5 Å². The molecule has 0 aliphatic carbocycles. The minimum absolute atomic E-state index is 0.0665. The molecule has 1 rings (SSSR count). The molecule has 8 nitrogen and oxygen atoms in total. The molecule has 0 heterocycles. The Kier molecular flexibility index (Phi) is 10.9. The minimum atomic E-state index is -3.16. The molecule has 1 aromatic carbocycles. The third-order valence-corrected chi connectivity index (χ3v) is 5.13. The van der Waals surface area contributed by atoms with Crippen LogP contribution in [0.3, 0.4) is 0 Å². The van der Waals surface area contributed by atoms with Gasteiger partial charge in [0.1, 0.15) is 5.75 Å². The van der Waals surface area contributed by atoms with E-state index in [1.165, 1.54) is 0 Å². The predicted octanol–water partition coefficient (Wildman–Crippen LogP) is 1.39. The van der Waals surface area contributed by atoms with Crippen molar-refractivity contribution in [3.05, 3.63) is 29.8 Å². The first-order valence-electron chi connectivity index (χ1n) is 9.71. The predicted molar refractivity (Wildman–Crippen MR) is 113 cm³/mol. The third-order valence-electron chi connectivity index (χ3n) is 3.73. The smallest absolute Gasteiger partial charge is 0.211 e. The molecule has 0 bridgehead atoms. The van der Waals surface area contributed by atoms with E-state index in [0.29, 0.717) is 32.0 Å². The van der Waals surface area contributed by atoms with Crippen LogP contribution in [0.5, 0.6) is 5.75 Å². The number of nitrogens with one attached hydrogen (secondary N) is 3. The number of guanidine groups is 1. The molecule has 0 aliphatic heterocycles. The van der Waals surface area contributed by atoms with Crippen LogP contribution in [-0.2, 0) is 10.0 Å². The first-order valence-corrected chi connectivity index (χ1v) is 11.4. The van der Waals surface area contributed by atoms with Gasteiger partial charge >= 0.3 is 0 Å². The van der Waals surface area contributed by atoms with Gasteiger partial charge in [-0.15, -0.1) is 0 Å². The van der Waals surface area contributed by atoms with Crippen LogP contribution in [0.4, 0.5) is 0 Å². The molecule has 0 saturated heterocycles. The molecular formula is C19H34N4O4S. The monoisotopic (exact) mass is 414 g/mol. The molecule has 0 radical (unpaired) electrons. The second-order valence-corrected chi connectivity index (χ2v) is 8.65. The van der Waals surface area contributed by atoms with Gasteiger partial charge in [-0.1, -0.05) is 12.1 Å². The van der Waals surface area contributed by atoms with Gasteiger partial charge in [0, 0.05) is 19.6 Å². The molecule has 0 fully saturated rings. The molecule has 0 spiro atoms. The number of hydrogen-bond acceptors (Lipinski definition) is 5. The van der Waals surface area contributed by atoms with Gasteiger partial charge in [0.2, 0.25) is 10.0 Å². The van der Waals surface area contributed by atoms with Gasteiger partial charge in [-0.25, -0.2) is 13.1 Å². The normalized spacial score (nSPS) is 13.4. The van der Waals surface area contributed by atoms with Gasteiger partial charge in [-0.2, -0.15) is 0 Å². The highest BCUT2D eigenvalue weighted by Gasteiger charge is 2.10. The summed E-state index contributed by atoms with van der Waals surface area (Å²) in [5.41, 5.74) is 0.742. The van der Waals surface area contributed by atoms with E-state index in [4.69, 9.17) is 4.74 Å². The summed E-state index contributed by atoms with van der Waals surface area (Å²) in [5.74, 6) is 1.37. The summed E-state index contributed by atoms with van der Waals surface area (Å²) in [6, 6.07) is 7.37. The number of nitrogens with zero attached hydrogens (tertiary/aromatic N) is 1. The number of rotatable bonds is 12. The van der Waals surface area contributed by atoms with Crippen molar-refractivity contribution in [3.8, 4) is 5.75 Å². The number of hydrogen-bond donors (Lipinski definition) is 4. The number of aliphatic hydroxyl groups excluding tert-OH is 1. The molecule has 4 N–H and O–H groups in total. The maximum atomic E-state index is 11.4. The van der Waals surface area contributed by atoms with E-state index in [-0.39, 0.29) is 18.4 Å². The summed E-state index contributed by atoms with van der Waals surface area (Å²) < 4.78 is 31.0. The van der Waals surface area contributed by atoms with Crippen LogP contribution in [-0.4, -0.2) is 57.5 Å². The summed E-state index contributed by atoms with van der Waals surface area (Å²) >= 11 is 0.